The average molecular weight is 988 g/mol. The summed E-state index contributed by atoms with van der Waals surface area (Å²) in [5.74, 6) is 0.270. The van der Waals surface area contributed by atoms with Gasteiger partial charge in [-0.05, 0) is 182 Å². The standard InChI is InChI=1S/C74H57N3/c1-4-21-52(22-5-1)74(53-23-6-2-7-24-53)64-47-49(37-41-57(64)58-43-40-55(48-65(58)74)75-46-18-20-51-19-10-11-31-66(51)75)36-38-50-39-42-61-60-29-17-30-63-67(45-44-62(73(60)63)59-28-16-27-56(50)72(59)61)77-70-34-14-12-32-68(70)76(54-25-8-3-9-26-54)69-33-13-15-35-71(69)77/h1-8,10-16,19,21-25,27-28,30-40,42-45,47-48,57H,9,17-18,20,26,29,41,46H2/b38-36+. The fourth-order valence-electron chi connectivity index (χ4n) is 14.8. The third-order valence-corrected chi connectivity index (χ3v) is 18.0. The molecule has 16 rings (SSSR count). The minimum Gasteiger partial charge on any atom is -0.341 e. The summed E-state index contributed by atoms with van der Waals surface area (Å²) < 4.78 is 0. The third-order valence-electron chi connectivity index (χ3n) is 18.0. The first-order valence-electron chi connectivity index (χ1n) is 28.0. The van der Waals surface area contributed by atoms with Crippen LogP contribution < -0.4 is 19.9 Å². The Labute approximate surface area is 451 Å². The number of anilines is 7. The van der Waals surface area contributed by atoms with Crippen molar-refractivity contribution in [1.82, 2.24) is 0 Å². The number of para-hydroxylation sites is 5. The summed E-state index contributed by atoms with van der Waals surface area (Å²) in [5.41, 5.74) is 22.0. The molecule has 0 bridgehead atoms. The van der Waals surface area contributed by atoms with Crippen LogP contribution in [-0.4, -0.2) is 6.54 Å². The van der Waals surface area contributed by atoms with E-state index >= 15 is 0 Å². The number of hydrogen-bond donors (Lipinski definition) is 0. The van der Waals surface area contributed by atoms with Crippen LogP contribution in [0.25, 0.3) is 44.5 Å². The fourth-order valence-corrected chi connectivity index (χ4v) is 14.8. The number of benzene rings is 10. The second-order valence-electron chi connectivity index (χ2n) is 21.9. The zero-order valence-electron chi connectivity index (χ0n) is 43.2. The van der Waals surface area contributed by atoms with E-state index in [-0.39, 0.29) is 5.92 Å². The van der Waals surface area contributed by atoms with Crippen molar-refractivity contribution >= 4 is 84.3 Å². The number of aryl methyl sites for hydroxylation is 2. The number of allylic oxidation sites excluding steroid dienone is 9. The molecule has 4 aliphatic carbocycles. The molecular formula is C74H57N3. The summed E-state index contributed by atoms with van der Waals surface area (Å²) in [4.78, 5) is 7.60. The van der Waals surface area contributed by atoms with Crippen molar-refractivity contribution < 1.29 is 0 Å². The molecule has 368 valence electrons. The SMILES string of the molecule is C1=CCCC(N2c3ccccc3N(c3ccc4c5c(c6ccc(/C=C/C7=CCC8C(=C7)C(c7ccccc7)(c7ccccc7)c7cc(N9CCCc%10ccccc%109)ccc78)c7cccc4c76)CCC=c35)c3ccccc32)=C1. The third kappa shape index (κ3) is 6.63. The quantitative estimate of drug-likeness (QED) is 0.116. The number of nitrogens with zero attached hydrogens (tertiary/aromatic N) is 3. The Hall–Kier alpha value is -8.92. The van der Waals surface area contributed by atoms with Crippen LogP contribution in [0.3, 0.4) is 0 Å². The van der Waals surface area contributed by atoms with Crippen molar-refractivity contribution in [2.75, 3.05) is 21.2 Å². The molecule has 0 aromatic heterocycles. The van der Waals surface area contributed by atoms with Crippen LogP contribution in [0.5, 0.6) is 0 Å². The summed E-state index contributed by atoms with van der Waals surface area (Å²) >= 11 is 0. The van der Waals surface area contributed by atoms with E-state index in [1.54, 1.807) is 0 Å². The van der Waals surface area contributed by atoms with Gasteiger partial charge in [-0.3, -0.25) is 0 Å². The highest BCUT2D eigenvalue weighted by molar-refractivity contribution is 6.25. The summed E-state index contributed by atoms with van der Waals surface area (Å²) in [6.45, 7) is 1.02. The lowest BCUT2D eigenvalue weighted by atomic mass is 9.65. The Morgan fingerprint density at radius 1 is 0.506 bits per heavy atom. The van der Waals surface area contributed by atoms with Crippen LogP contribution in [0, 0.1) is 0 Å². The van der Waals surface area contributed by atoms with Gasteiger partial charge in [0.25, 0.3) is 0 Å². The second kappa shape index (κ2) is 17.6. The number of hydrogen-bond acceptors (Lipinski definition) is 3. The van der Waals surface area contributed by atoms with Gasteiger partial charge in [0, 0.05) is 34.8 Å². The Morgan fingerprint density at radius 3 is 1.95 bits per heavy atom. The molecule has 0 saturated carbocycles. The molecule has 2 heterocycles. The molecule has 0 saturated heterocycles. The van der Waals surface area contributed by atoms with Gasteiger partial charge in [-0.2, -0.15) is 0 Å². The molecular weight excluding hydrogens is 931 g/mol. The zero-order chi connectivity index (χ0) is 50.6. The van der Waals surface area contributed by atoms with Crippen LogP contribution in [0.15, 0.2) is 247 Å². The largest absolute Gasteiger partial charge is 0.341 e. The van der Waals surface area contributed by atoms with Gasteiger partial charge in [-0.1, -0.05) is 188 Å². The van der Waals surface area contributed by atoms with Gasteiger partial charge in [0.1, 0.15) is 0 Å². The predicted molar refractivity (Wildman–Crippen MR) is 324 cm³/mol. The normalized spacial score (nSPS) is 17.8. The molecule has 0 fully saturated rings. The molecule has 3 heteroatoms. The van der Waals surface area contributed by atoms with E-state index in [2.05, 4.69) is 257 Å². The van der Waals surface area contributed by atoms with E-state index < -0.39 is 5.41 Å². The van der Waals surface area contributed by atoms with Crippen LogP contribution >= 0.6 is 0 Å². The minimum atomic E-state index is -0.451. The maximum Gasteiger partial charge on any atom is 0.0703 e. The average Bonchev–Trinajstić information content (AvgIpc) is 4.09. The smallest absolute Gasteiger partial charge is 0.0703 e. The summed E-state index contributed by atoms with van der Waals surface area (Å²) in [6, 6.07) is 73.8. The van der Waals surface area contributed by atoms with E-state index in [9.17, 15) is 0 Å². The molecule has 3 nitrogen and oxygen atoms in total. The van der Waals surface area contributed by atoms with Gasteiger partial charge < -0.3 is 14.7 Å². The van der Waals surface area contributed by atoms with Crippen molar-refractivity contribution in [3.05, 3.63) is 292 Å². The fraction of sp³-hybridized carbons (Fsp3) is 0.135. The lowest BCUT2D eigenvalue weighted by Crippen LogP contribution is -2.30. The van der Waals surface area contributed by atoms with Gasteiger partial charge in [-0.15, -0.1) is 0 Å². The summed E-state index contributed by atoms with van der Waals surface area (Å²) in [7, 11) is 0. The Morgan fingerprint density at radius 2 is 1.19 bits per heavy atom. The lowest BCUT2D eigenvalue weighted by molar-refractivity contribution is 0.690. The summed E-state index contributed by atoms with van der Waals surface area (Å²) in [6.07, 6.45) is 26.5. The highest BCUT2D eigenvalue weighted by Crippen LogP contribution is 2.61. The maximum absolute atomic E-state index is 2.57. The Balaban J connectivity index is 0.810. The van der Waals surface area contributed by atoms with Gasteiger partial charge >= 0.3 is 0 Å². The first-order chi connectivity index (χ1) is 38.2. The molecule has 1 atom stereocenters. The van der Waals surface area contributed by atoms with E-state index in [0.29, 0.717) is 0 Å². The van der Waals surface area contributed by atoms with Crippen molar-refractivity contribution in [3.63, 3.8) is 0 Å². The summed E-state index contributed by atoms with van der Waals surface area (Å²) in [5, 5.41) is 9.46. The van der Waals surface area contributed by atoms with Crippen molar-refractivity contribution in [2.45, 2.75) is 56.3 Å². The van der Waals surface area contributed by atoms with E-state index in [0.717, 1.165) is 51.5 Å². The monoisotopic (exact) mass is 987 g/mol. The van der Waals surface area contributed by atoms with Crippen LogP contribution in [0.4, 0.5) is 39.8 Å². The molecule has 0 N–H and O–H groups in total. The topological polar surface area (TPSA) is 9.72 Å². The van der Waals surface area contributed by atoms with Crippen LogP contribution in [-0.2, 0) is 18.3 Å². The van der Waals surface area contributed by atoms with E-state index in [1.807, 2.05) is 0 Å². The predicted octanol–water partition coefficient (Wildman–Crippen LogP) is 18.2. The van der Waals surface area contributed by atoms with Crippen LogP contribution in [0.1, 0.15) is 77.0 Å². The van der Waals surface area contributed by atoms with Gasteiger partial charge in [-0.25, -0.2) is 0 Å². The van der Waals surface area contributed by atoms with Gasteiger partial charge in [0.05, 0.1) is 33.9 Å². The highest BCUT2D eigenvalue weighted by Gasteiger charge is 2.51. The van der Waals surface area contributed by atoms with Gasteiger partial charge in [0.15, 0.2) is 0 Å². The maximum atomic E-state index is 2.57. The minimum absolute atomic E-state index is 0.270. The second-order valence-corrected chi connectivity index (χ2v) is 21.9. The zero-order valence-corrected chi connectivity index (χ0v) is 43.2. The Kier molecular flexibility index (Phi) is 10.1. The highest BCUT2D eigenvalue weighted by atomic mass is 15.3. The molecule has 0 amide bonds. The molecule has 10 aromatic carbocycles. The first kappa shape index (κ1) is 44.4. The number of fused-ring (bicyclic) bond motifs is 8. The van der Waals surface area contributed by atoms with Crippen molar-refractivity contribution in [3.8, 4) is 0 Å². The molecule has 2 aliphatic heterocycles. The first-order valence-corrected chi connectivity index (χ1v) is 28.0. The molecule has 1 unspecified atom stereocenters. The number of rotatable bonds is 7. The molecule has 77 heavy (non-hydrogen) atoms. The Bertz CT molecular complexity index is 4220. The van der Waals surface area contributed by atoms with Gasteiger partial charge in [0.2, 0.25) is 0 Å². The van der Waals surface area contributed by atoms with Crippen molar-refractivity contribution in [2.24, 2.45) is 0 Å². The molecule has 0 spiro atoms. The van der Waals surface area contributed by atoms with Crippen molar-refractivity contribution in [1.29, 1.82) is 0 Å². The molecule has 0 radical (unpaired) electrons. The van der Waals surface area contributed by atoms with Crippen LogP contribution in [0.2, 0.25) is 0 Å². The lowest BCUT2D eigenvalue weighted by Gasteiger charge is -2.42. The molecule has 6 aliphatic rings. The molecule has 10 aromatic rings. The van der Waals surface area contributed by atoms with E-state index in [4.69, 9.17) is 0 Å². The van der Waals surface area contributed by atoms with E-state index in [1.165, 1.54) is 133 Å².